The van der Waals surface area contributed by atoms with Crippen molar-refractivity contribution in [3.8, 4) is 6.07 Å². The van der Waals surface area contributed by atoms with Gasteiger partial charge in [-0.25, -0.2) is 9.67 Å². The molecule has 4 aliphatic rings. The number of piperidine rings is 1. The highest BCUT2D eigenvalue weighted by molar-refractivity contribution is 6.29. The number of halogens is 1. The first kappa shape index (κ1) is 24.8. The van der Waals surface area contributed by atoms with Gasteiger partial charge in [0.25, 0.3) is 5.91 Å². The zero-order valence-corrected chi connectivity index (χ0v) is 22.4. The van der Waals surface area contributed by atoms with E-state index in [0.29, 0.717) is 18.3 Å². The molecule has 10 heteroatoms. The van der Waals surface area contributed by atoms with E-state index in [9.17, 15) is 14.9 Å². The lowest BCUT2D eigenvalue weighted by Crippen LogP contribution is -2.47. The predicted octanol–water partition coefficient (Wildman–Crippen LogP) is 3.98. The van der Waals surface area contributed by atoms with Gasteiger partial charge < -0.3 is 5.32 Å². The monoisotopic (exact) mass is 531 g/mol. The van der Waals surface area contributed by atoms with Crippen molar-refractivity contribution in [1.82, 2.24) is 25.3 Å². The van der Waals surface area contributed by atoms with Crippen molar-refractivity contribution in [2.75, 3.05) is 11.4 Å². The summed E-state index contributed by atoms with van der Waals surface area (Å²) in [7, 11) is 0. The number of nitriles is 1. The van der Waals surface area contributed by atoms with E-state index in [2.05, 4.69) is 26.7 Å². The van der Waals surface area contributed by atoms with Gasteiger partial charge in [0.2, 0.25) is 5.91 Å². The molecular weight excluding hydrogens is 502 g/mol. The first-order chi connectivity index (χ1) is 18.2. The van der Waals surface area contributed by atoms with Crippen LogP contribution in [0.5, 0.6) is 0 Å². The maximum absolute atomic E-state index is 12.9. The van der Waals surface area contributed by atoms with Gasteiger partial charge in [0.15, 0.2) is 5.69 Å². The number of nitrogens with zero attached hydrogens (tertiary/aromatic N) is 6. The number of pyridine rings is 1. The summed E-state index contributed by atoms with van der Waals surface area (Å²) in [6, 6.07) is 2.15. The summed E-state index contributed by atoms with van der Waals surface area (Å²) in [5.41, 5.74) is 4.05. The predicted molar refractivity (Wildman–Crippen MR) is 141 cm³/mol. The molecule has 2 amide bonds. The largest absolute Gasteiger partial charge is 0.348 e. The average Bonchev–Trinajstić information content (AvgIpc) is 3.33. The molecule has 1 aliphatic heterocycles. The van der Waals surface area contributed by atoms with Gasteiger partial charge in [-0.05, 0) is 87.1 Å². The van der Waals surface area contributed by atoms with Crippen LogP contribution in [-0.4, -0.2) is 44.4 Å². The Morgan fingerprint density at radius 3 is 2.68 bits per heavy atom. The van der Waals surface area contributed by atoms with Gasteiger partial charge >= 0.3 is 0 Å². The molecule has 1 saturated heterocycles. The Morgan fingerprint density at radius 1 is 1.18 bits per heavy atom. The zero-order chi connectivity index (χ0) is 26.7. The molecule has 2 saturated carbocycles. The minimum atomic E-state index is -0.253. The highest BCUT2D eigenvalue weighted by Gasteiger charge is 2.53. The smallest absolute Gasteiger partial charge is 0.273 e. The van der Waals surface area contributed by atoms with Crippen molar-refractivity contribution < 1.29 is 9.59 Å². The topological polar surface area (TPSA) is 117 Å². The van der Waals surface area contributed by atoms with Gasteiger partial charge in [-0.3, -0.25) is 14.5 Å². The average molecular weight is 532 g/mol. The number of carbonyl (C=O) groups excluding carboxylic acids is 2. The molecule has 2 aromatic rings. The first-order valence-electron chi connectivity index (χ1n) is 13.2. The first-order valence-corrected chi connectivity index (χ1v) is 13.6. The van der Waals surface area contributed by atoms with Crippen LogP contribution in [0.2, 0.25) is 0 Å². The second-order valence-corrected chi connectivity index (χ2v) is 11.6. The SMILES string of the molecule is Cc1c(C(C)n2cc(C(=O)N[C@H]3C[C@@H](C4CC(Cl)=CC=C4C#N)C3)nn2)cnc(N2C[C@H]3C[C@H]3C2=O)c1C. The lowest BCUT2D eigenvalue weighted by atomic mass is 9.68. The fourth-order valence-corrected chi connectivity index (χ4v) is 6.41. The molecule has 2 aromatic heterocycles. The molecule has 4 atom stereocenters. The number of rotatable bonds is 6. The molecule has 0 radical (unpaired) electrons. The van der Waals surface area contributed by atoms with E-state index in [4.69, 9.17) is 11.6 Å². The molecule has 6 rings (SSSR count). The van der Waals surface area contributed by atoms with Crippen LogP contribution in [-0.2, 0) is 4.79 Å². The fraction of sp³-hybridized carbons (Fsp3) is 0.500. The third kappa shape index (κ3) is 4.21. The van der Waals surface area contributed by atoms with E-state index in [-0.39, 0.29) is 41.4 Å². The number of anilines is 1. The number of nitrogens with one attached hydrogen (secondary N) is 1. The Hall–Kier alpha value is -3.51. The van der Waals surface area contributed by atoms with Crippen LogP contribution >= 0.6 is 11.6 Å². The van der Waals surface area contributed by atoms with Gasteiger partial charge in [0, 0.05) is 41.2 Å². The Labute approximate surface area is 226 Å². The molecule has 38 heavy (non-hydrogen) atoms. The molecule has 2 unspecified atom stereocenters. The van der Waals surface area contributed by atoms with E-state index in [1.165, 1.54) is 0 Å². The van der Waals surface area contributed by atoms with E-state index >= 15 is 0 Å². The molecule has 0 bridgehead atoms. The molecule has 1 N–H and O–H groups in total. The number of hydrogen-bond donors (Lipinski definition) is 1. The third-order valence-corrected chi connectivity index (χ3v) is 9.17. The number of carbonyl (C=O) groups is 2. The maximum atomic E-state index is 12.9. The maximum Gasteiger partial charge on any atom is 0.273 e. The van der Waals surface area contributed by atoms with Crippen LogP contribution in [0.25, 0.3) is 0 Å². The molecule has 9 nitrogen and oxygen atoms in total. The summed E-state index contributed by atoms with van der Waals surface area (Å²) in [6.45, 7) is 6.80. The number of hydrogen-bond acceptors (Lipinski definition) is 6. The van der Waals surface area contributed by atoms with Crippen LogP contribution in [0.3, 0.4) is 0 Å². The summed E-state index contributed by atoms with van der Waals surface area (Å²) in [5.74, 6) is 1.81. The van der Waals surface area contributed by atoms with Crippen LogP contribution in [0.15, 0.2) is 35.2 Å². The molecule has 3 aliphatic carbocycles. The number of fused-ring (bicyclic) bond motifs is 1. The minimum Gasteiger partial charge on any atom is -0.348 e. The summed E-state index contributed by atoms with van der Waals surface area (Å²) in [6.07, 6.45) is 10.4. The van der Waals surface area contributed by atoms with Crippen LogP contribution in [0, 0.1) is 48.9 Å². The Bertz CT molecular complexity index is 1430. The zero-order valence-electron chi connectivity index (χ0n) is 21.7. The Balaban J connectivity index is 1.08. The van der Waals surface area contributed by atoms with Crippen LogP contribution < -0.4 is 10.2 Å². The fourth-order valence-electron chi connectivity index (χ4n) is 6.18. The standard InChI is InChI=1S/C28H30ClN7O2/c1-14-15(2)26(35-12-19-8-23(19)28(35)38)31-11-24(14)16(3)36-13-25(33-34-36)27(37)32-21-6-18(7-21)22-9-20(29)5-4-17(22)10-30/h4-5,11,13,16,18-19,21-23H,6-9,12H2,1-3H3,(H,32,37)/t16?,18-,19-,21+,22?,23-/m1/s1. The molecule has 0 aromatic carbocycles. The third-order valence-electron chi connectivity index (χ3n) is 8.89. The number of amides is 2. The normalized spacial score (nSPS) is 28.6. The van der Waals surface area contributed by atoms with Crippen molar-refractivity contribution in [3.63, 3.8) is 0 Å². The van der Waals surface area contributed by atoms with E-state index in [0.717, 1.165) is 58.9 Å². The molecule has 3 heterocycles. The van der Waals surface area contributed by atoms with Crippen molar-refractivity contribution in [2.45, 2.75) is 58.5 Å². The lowest BCUT2D eigenvalue weighted by molar-refractivity contribution is -0.118. The second-order valence-electron chi connectivity index (χ2n) is 11.2. The second kappa shape index (κ2) is 9.35. The van der Waals surface area contributed by atoms with Crippen LogP contribution in [0.1, 0.15) is 65.8 Å². The summed E-state index contributed by atoms with van der Waals surface area (Å²) in [4.78, 5) is 31.9. The lowest BCUT2D eigenvalue weighted by Gasteiger charge is -2.41. The van der Waals surface area contributed by atoms with Gasteiger partial charge in [-0.15, -0.1) is 5.10 Å². The van der Waals surface area contributed by atoms with Gasteiger partial charge in [-0.1, -0.05) is 16.8 Å². The number of aromatic nitrogens is 4. The van der Waals surface area contributed by atoms with Gasteiger partial charge in [0.05, 0.1) is 18.3 Å². The summed E-state index contributed by atoms with van der Waals surface area (Å²) >= 11 is 6.20. The van der Waals surface area contributed by atoms with Gasteiger partial charge in [-0.2, -0.15) is 5.26 Å². The van der Waals surface area contributed by atoms with Crippen LogP contribution in [0.4, 0.5) is 5.82 Å². The van der Waals surface area contributed by atoms with Crippen molar-refractivity contribution >= 4 is 29.2 Å². The highest BCUT2D eigenvalue weighted by Crippen LogP contribution is 2.48. The molecule has 0 spiro atoms. The summed E-state index contributed by atoms with van der Waals surface area (Å²) < 4.78 is 1.68. The van der Waals surface area contributed by atoms with Crippen molar-refractivity contribution in [3.05, 3.63) is 57.5 Å². The van der Waals surface area contributed by atoms with Crippen molar-refractivity contribution in [2.24, 2.45) is 23.7 Å². The molecule has 196 valence electrons. The van der Waals surface area contributed by atoms with Gasteiger partial charge in [0.1, 0.15) is 5.82 Å². The number of allylic oxidation sites excluding steroid dienone is 4. The highest BCUT2D eigenvalue weighted by atomic mass is 35.5. The Morgan fingerprint density at radius 2 is 1.97 bits per heavy atom. The molecular formula is C28H30ClN7O2. The minimum absolute atomic E-state index is 0.0423. The molecule has 3 fully saturated rings. The summed E-state index contributed by atoms with van der Waals surface area (Å²) in [5, 5.41) is 21.6. The van der Waals surface area contributed by atoms with E-state index in [1.54, 1.807) is 17.0 Å². The Kier molecular flexibility index (Phi) is 6.10. The van der Waals surface area contributed by atoms with E-state index < -0.39 is 0 Å². The van der Waals surface area contributed by atoms with Crippen molar-refractivity contribution in [1.29, 1.82) is 5.26 Å². The quantitative estimate of drug-likeness (QED) is 0.602. The van der Waals surface area contributed by atoms with E-state index in [1.807, 2.05) is 37.9 Å².